The molecule has 1 aromatic carbocycles. The monoisotopic (exact) mass is 296 g/mol. The van der Waals surface area contributed by atoms with Crippen molar-refractivity contribution in [2.45, 2.75) is 25.3 Å². The van der Waals surface area contributed by atoms with Crippen LogP contribution in [0.25, 0.3) is 0 Å². The number of hydrogen-bond donors (Lipinski definition) is 0. The molecule has 102 valence electrons. The minimum absolute atomic E-state index is 0.292. The molecule has 0 N–H and O–H groups in total. The van der Waals surface area contributed by atoms with Gasteiger partial charge in [-0.15, -0.1) is 11.3 Å². The average molecular weight is 296 g/mol. The lowest BCUT2D eigenvalue weighted by Gasteiger charge is -2.16. The zero-order chi connectivity index (χ0) is 14.0. The predicted octanol–water partition coefficient (Wildman–Crippen LogP) is 2.58. The molecule has 0 atom stereocenters. The van der Waals surface area contributed by atoms with Gasteiger partial charge in [0.25, 0.3) is 0 Å². The Hall–Kier alpha value is -1.24. The third-order valence-electron chi connectivity index (χ3n) is 2.75. The Morgan fingerprint density at radius 1 is 1.32 bits per heavy atom. The molecule has 1 aromatic heterocycles. The van der Waals surface area contributed by atoms with Crippen LogP contribution in [0, 0.1) is 13.8 Å². The first-order chi connectivity index (χ1) is 8.89. The summed E-state index contributed by atoms with van der Waals surface area (Å²) in [4.78, 5) is 4.61. The van der Waals surface area contributed by atoms with Crippen molar-refractivity contribution in [2.24, 2.45) is 0 Å². The Labute approximate surface area is 117 Å². The number of nitrogens with zero attached hydrogens (tertiary/aromatic N) is 2. The largest absolute Gasteiger partial charge is 0.245 e. The predicted molar refractivity (Wildman–Crippen MR) is 76.7 cm³/mol. The van der Waals surface area contributed by atoms with Crippen molar-refractivity contribution in [2.75, 3.05) is 7.05 Å². The van der Waals surface area contributed by atoms with Gasteiger partial charge < -0.3 is 0 Å². The van der Waals surface area contributed by atoms with Crippen LogP contribution in [0.3, 0.4) is 0 Å². The summed E-state index contributed by atoms with van der Waals surface area (Å²) in [5, 5.41) is 2.83. The molecular formula is C13H16N2O2S2. The molecule has 0 fully saturated rings. The number of hydrogen-bond acceptors (Lipinski definition) is 4. The third-order valence-corrected chi connectivity index (χ3v) is 5.37. The van der Waals surface area contributed by atoms with Crippen LogP contribution in [0.4, 0.5) is 0 Å². The van der Waals surface area contributed by atoms with E-state index in [4.69, 9.17) is 0 Å². The Bertz CT molecular complexity index is 677. The van der Waals surface area contributed by atoms with E-state index in [1.165, 1.54) is 15.6 Å². The number of sulfonamides is 1. The lowest BCUT2D eigenvalue weighted by atomic mass is 10.2. The third kappa shape index (κ3) is 3.20. The quantitative estimate of drug-likeness (QED) is 0.871. The van der Waals surface area contributed by atoms with Crippen LogP contribution in [0.15, 0.2) is 34.5 Å². The van der Waals surface area contributed by atoms with Gasteiger partial charge in [0.05, 0.1) is 22.1 Å². The van der Waals surface area contributed by atoms with E-state index in [1.807, 2.05) is 25.3 Å². The molecule has 2 aromatic rings. The highest BCUT2D eigenvalue weighted by molar-refractivity contribution is 7.89. The zero-order valence-electron chi connectivity index (χ0n) is 11.1. The summed E-state index contributed by atoms with van der Waals surface area (Å²) >= 11 is 1.52. The molecule has 6 heteroatoms. The Morgan fingerprint density at radius 2 is 2.05 bits per heavy atom. The van der Waals surface area contributed by atoms with Crippen LogP contribution >= 0.6 is 11.3 Å². The van der Waals surface area contributed by atoms with Crippen LogP contribution in [-0.4, -0.2) is 24.8 Å². The molecule has 0 aliphatic carbocycles. The molecule has 2 rings (SSSR count). The standard InChI is InChI=1S/C13H16N2O2S2/c1-10-5-4-6-13(7-10)19(16,17)15(3)8-12-9-18-11(2)14-12/h4-7,9H,8H2,1-3H3. The van der Waals surface area contributed by atoms with E-state index >= 15 is 0 Å². The molecule has 0 spiro atoms. The topological polar surface area (TPSA) is 50.3 Å². The average Bonchev–Trinajstić information content (AvgIpc) is 2.74. The summed E-state index contributed by atoms with van der Waals surface area (Å²) in [6.07, 6.45) is 0. The second kappa shape index (κ2) is 5.40. The van der Waals surface area contributed by atoms with Gasteiger partial charge in [-0.3, -0.25) is 0 Å². The summed E-state index contributed by atoms with van der Waals surface area (Å²) < 4.78 is 26.1. The maximum absolute atomic E-state index is 12.4. The minimum atomic E-state index is -3.45. The molecule has 0 amide bonds. The zero-order valence-corrected chi connectivity index (χ0v) is 12.8. The van der Waals surface area contributed by atoms with E-state index in [2.05, 4.69) is 4.98 Å². The SMILES string of the molecule is Cc1cccc(S(=O)(=O)N(C)Cc2csc(C)n2)c1. The number of thiazole rings is 1. The van der Waals surface area contributed by atoms with Crippen molar-refractivity contribution < 1.29 is 8.42 Å². The molecule has 0 bridgehead atoms. The molecule has 1 heterocycles. The van der Waals surface area contributed by atoms with Gasteiger partial charge in [-0.1, -0.05) is 12.1 Å². The summed E-state index contributed by atoms with van der Waals surface area (Å²) in [6, 6.07) is 6.93. The van der Waals surface area contributed by atoms with Crippen LogP contribution in [0.5, 0.6) is 0 Å². The highest BCUT2D eigenvalue weighted by atomic mass is 32.2. The fourth-order valence-corrected chi connectivity index (χ4v) is 3.60. The Balaban J connectivity index is 2.24. The summed E-state index contributed by atoms with van der Waals surface area (Å²) in [7, 11) is -1.88. The van der Waals surface area contributed by atoms with Crippen molar-refractivity contribution >= 4 is 21.4 Å². The van der Waals surface area contributed by atoms with E-state index in [-0.39, 0.29) is 0 Å². The van der Waals surface area contributed by atoms with E-state index in [9.17, 15) is 8.42 Å². The van der Waals surface area contributed by atoms with E-state index < -0.39 is 10.0 Å². The number of aryl methyl sites for hydroxylation is 2. The number of rotatable bonds is 4. The molecule has 4 nitrogen and oxygen atoms in total. The van der Waals surface area contributed by atoms with Crippen molar-refractivity contribution in [3.63, 3.8) is 0 Å². The van der Waals surface area contributed by atoms with Gasteiger partial charge in [0, 0.05) is 12.4 Å². The molecule has 0 unspecified atom stereocenters. The summed E-state index contributed by atoms with van der Waals surface area (Å²) in [5.74, 6) is 0. The highest BCUT2D eigenvalue weighted by Gasteiger charge is 2.21. The van der Waals surface area contributed by atoms with Crippen molar-refractivity contribution in [3.8, 4) is 0 Å². The molecule has 0 radical (unpaired) electrons. The maximum atomic E-state index is 12.4. The fourth-order valence-electron chi connectivity index (χ4n) is 1.75. The second-order valence-electron chi connectivity index (χ2n) is 4.44. The summed E-state index contributed by atoms with van der Waals surface area (Å²) in [5.41, 5.74) is 1.71. The van der Waals surface area contributed by atoms with E-state index in [1.54, 1.807) is 25.2 Å². The number of aromatic nitrogens is 1. The Morgan fingerprint density at radius 3 is 2.63 bits per heavy atom. The first-order valence-corrected chi connectivity index (χ1v) is 8.15. The van der Waals surface area contributed by atoms with Crippen molar-refractivity contribution in [3.05, 3.63) is 45.9 Å². The molecule has 0 saturated heterocycles. The molecular weight excluding hydrogens is 280 g/mol. The second-order valence-corrected chi connectivity index (χ2v) is 7.54. The van der Waals surface area contributed by atoms with Gasteiger partial charge >= 0.3 is 0 Å². The van der Waals surface area contributed by atoms with Gasteiger partial charge in [0.1, 0.15) is 0 Å². The molecule has 0 aliphatic heterocycles. The van der Waals surface area contributed by atoms with Crippen LogP contribution in [0.1, 0.15) is 16.3 Å². The minimum Gasteiger partial charge on any atom is -0.245 e. The van der Waals surface area contributed by atoms with Crippen molar-refractivity contribution in [1.29, 1.82) is 0 Å². The van der Waals surface area contributed by atoms with Gasteiger partial charge in [0.2, 0.25) is 10.0 Å². The van der Waals surface area contributed by atoms with Gasteiger partial charge in [-0.2, -0.15) is 4.31 Å². The first-order valence-electron chi connectivity index (χ1n) is 5.83. The van der Waals surface area contributed by atoms with Crippen LogP contribution in [0.2, 0.25) is 0 Å². The van der Waals surface area contributed by atoms with Gasteiger partial charge in [-0.25, -0.2) is 13.4 Å². The summed E-state index contributed by atoms with van der Waals surface area (Å²) in [6.45, 7) is 4.08. The van der Waals surface area contributed by atoms with Gasteiger partial charge in [-0.05, 0) is 31.5 Å². The molecule has 0 aliphatic rings. The molecule has 19 heavy (non-hydrogen) atoms. The first kappa shape index (κ1) is 14.2. The fraction of sp³-hybridized carbons (Fsp3) is 0.308. The highest BCUT2D eigenvalue weighted by Crippen LogP contribution is 2.18. The smallest absolute Gasteiger partial charge is 0.243 e. The van der Waals surface area contributed by atoms with Crippen LogP contribution in [-0.2, 0) is 16.6 Å². The molecule has 0 saturated carbocycles. The lowest BCUT2D eigenvalue weighted by Crippen LogP contribution is -2.26. The number of benzene rings is 1. The van der Waals surface area contributed by atoms with Crippen molar-refractivity contribution in [1.82, 2.24) is 9.29 Å². The van der Waals surface area contributed by atoms with Gasteiger partial charge in [0.15, 0.2) is 0 Å². The van der Waals surface area contributed by atoms with E-state index in [0.29, 0.717) is 11.4 Å². The Kier molecular flexibility index (Phi) is 4.03. The normalized spacial score (nSPS) is 12.0. The van der Waals surface area contributed by atoms with Crippen LogP contribution < -0.4 is 0 Å². The maximum Gasteiger partial charge on any atom is 0.243 e. The van der Waals surface area contributed by atoms with E-state index in [0.717, 1.165) is 16.3 Å². The lowest BCUT2D eigenvalue weighted by molar-refractivity contribution is 0.462.